The van der Waals surface area contributed by atoms with Crippen LogP contribution in [0.15, 0.2) is 30.3 Å². The first kappa shape index (κ1) is 14.6. The maximum Gasteiger partial charge on any atom is 0.416 e. The molecule has 0 saturated carbocycles. The van der Waals surface area contributed by atoms with Crippen molar-refractivity contribution < 1.29 is 14.3 Å². The Kier molecular flexibility index (Phi) is 4.42. The molecular formula is C16H21NO3. The molecule has 4 nitrogen and oxygen atoms in total. The number of nitrogens with zero attached hydrogens (tertiary/aromatic N) is 1. The highest BCUT2D eigenvalue weighted by atomic mass is 16.6. The van der Waals surface area contributed by atoms with Crippen molar-refractivity contribution in [2.45, 2.75) is 33.2 Å². The lowest BCUT2D eigenvalue weighted by Gasteiger charge is -2.24. The lowest BCUT2D eigenvalue weighted by Crippen LogP contribution is -2.44. The molecule has 1 saturated heterocycles. The van der Waals surface area contributed by atoms with Gasteiger partial charge in [0.1, 0.15) is 6.61 Å². The van der Waals surface area contributed by atoms with E-state index in [9.17, 15) is 9.59 Å². The molecule has 1 heterocycles. The number of rotatable bonds is 4. The highest BCUT2D eigenvalue weighted by molar-refractivity contribution is 5.94. The molecule has 0 bridgehead atoms. The minimum absolute atomic E-state index is 0.136. The van der Waals surface area contributed by atoms with Crippen molar-refractivity contribution in [1.82, 2.24) is 4.90 Å². The number of ether oxygens (including phenoxy) is 1. The van der Waals surface area contributed by atoms with E-state index in [0.29, 0.717) is 6.42 Å². The first-order chi connectivity index (χ1) is 9.50. The third-order valence-corrected chi connectivity index (χ3v) is 3.90. The van der Waals surface area contributed by atoms with E-state index < -0.39 is 6.09 Å². The molecule has 1 aliphatic rings. The summed E-state index contributed by atoms with van der Waals surface area (Å²) in [6.07, 6.45) is 0.131. The van der Waals surface area contributed by atoms with E-state index in [0.717, 1.165) is 5.56 Å². The highest BCUT2D eigenvalue weighted by Gasteiger charge is 2.40. The normalized spacial score (nSPS) is 20.1. The Morgan fingerprint density at radius 3 is 2.55 bits per heavy atom. The smallest absolute Gasteiger partial charge is 0.416 e. The van der Waals surface area contributed by atoms with E-state index in [4.69, 9.17) is 4.74 Å². The Morgan fingerprint density at radius 1 is 1.30 bits per heavy atom. The molecule has 0 aliphatic carbocycles. The zero-order valence-corrected chi connectivity index (χ0v) is 12.2. The van der Waals surface area contributed by atoms with Gasteiger partial charge in [0.25, 0.3) is 0 Å². The van der Waals surface area contributed by atoms with Crippen LogP contribution in [0.1, 0.15) is 26.3 Å². The molecule has 2 atom stereocenters. The van der Waals surface area contributed by atoms with Gasteiger partial charge in [0.05, 0.1) is 6.04 Å². The maximum atomic E-state index is 12.4. The SMILES string of the molecule is CC(C)[C@H](C)C(=O)N1C(=O)OC[C@H]1Cc1ccccc1. The van der Waals surface area contributed by atoms with Gasteiger partial charge in [-0.05, 0) is 17.9 Å². The van der Waals surface area contributed by atoms with Crippen LogP contribution in [0.25, 0.3) is 0 Å². The molecule has 20 heavy (non-hydrogen) atoms. The van der Waals surface area contributed by atoms with Crippen molar-refractivity contribution >= 4 is 12.0 Å². The average Bonchev–Trinajstić information content (AvgIpc) is 2.79. The number of carbonyl (C=O) groups excluding carboxylic acids is 2. The van der Waals surface area contributed by atoms with Gasteiger partial charge in [-0.2, -0.15) is 0 Å². The Morgan fingerprint density at radius 2 is 1.95 bits per heavy atom. The van der Waals surface area contributed by atoms with Crippen LogP contribution in [-0.2, 0) is 16.0 Å². The number of cyclic esters (lactones) is 1. The molecule has 108 valence electrons. The molecule has 1 aromatic carbocycles. The Labute approximate surface area is 119 Å². The molecule has 0 radical (unpaired) electrons. The molecule has 1 aliphatic heterocycles. The van der Waals surface area contributed by atoms with E-state index in [1.165, 1.54) is 4.90 Å². The van der Waals surface area contributed by atoms with Gasteiger partial charge < -0.3 is 4.74 Å². The zero-order chi connectivity index (χ0) is 14.7. The lowest BCUT2D eigenvalue weighted by molar-refractivity contribution is -0.134. The molecule has 0 aromatic heterocycles. The molecule has 0 N–H and O–H groups in total. The molecule has 4 heteroatoms. The monoisotopic (exact) mass is 275 g/mol. The van der Waals surface area contributed by atoms with Crippen molar-refractivity contribution in [3.05, 3.63) is 35.9 Å². The summed E-state index contributed by atoms with van der Waals surface area (Å²) in [6, 6.07) is 9.66. The summed E-state index contributed by atoms with van der Waals surface area (Å²) >= 11 is 0. The highest BCUT2D eigenvalue weighted by Crippen LogP contribution is 2.22. The predicted octanol–water partition coefficient (Wildman–Crippen LogP) is 2.87. The summed E-state index contributed by atoms with van der Waals surface area (Å²) in [5.41, 5.74) is 1.10. The third-order valence-electron chi connectivity index (χ3n) is 3.90. The van der Waals surface area contributed by atoms with E-state index >= 15 is 0 Å². The van der Waals surface area contributed by atoms with Crippen LogP contribution in [0.4, 0.5) is 4.79 Å². The first-order valence-electron chi connectivity index (χ1n) is 7.04. The molecular weight excluding hydrogens is 254 g/mol. The van der Waals surface area contributed by atoms with E-state index in [1.807, 2.05) is 51.1 Å². The predicted molar refractivity (Wildman–Crippen MR) is 76.1 cm³/mol. The number of benzene rings is 1. The molecule has 2 rings (SSSR count). The Bertz CT molecular complexity index is 484. The van der Waals surface area contributed by atoms with Gasteiger partial charge in [-0.3, -0.25) is 4.79 Å². The zero-order valence-electron chi connectivity index (χ0n) is 12.2. The van der Waals surface area contributed by atoms with Crippen LogP contribution < -0.4 is 0 Å². The van der Waals surface area contributed by atoms with Gasteiger partial charge in [0, 0.05) is 5.92 Å². The first-order valence-corrected chi connectivity index (χ1v) is 7.04. The topological polar surface area (TPSA) is 46.6 Å². The third kappa shape index (κ3) is 3.00. The lowest BCUT2D eigenvalue weighted by atomic mass is 9.95. The fraction of sp³-hybridized carbons (Fsp3) is 0.500. The number of hydrogen-bond acceptors (Lipinski definition) is 3. The number of amides is 2. The fourth-order valence-electron chi connectivity index (χ4n) is 2.27. The van der Waals surface area contributed by atoms with Crippen LogP contribution >= 0.6 is 0 Å². The molecule has 1 aromatic rings. The van der Waals surface area contributed by atoms with E-state index in [-0.39, 0.29) is 30.4 Å². The van der Waals surface area contributed by atoms with Crippen molar-refractivity contribution in [3.63, 3.8) is 0 Å². The summed E-state index contributed by atoms with van der Waals surface area (Å²) in [5, 5.41) is 0. The minimum Gasteiger partial charge on any atom is -0.447 e. The van der Waals surface area contributed by atoms with Crippen LogP contribution in [0, 0.1) is 11.8 Å². The quantitative estimate of drug-likeness (QED) is 0.849. The Balaban J connectivity index is 2.13. The van der Waals surface area contributed by atoms with Crippen LogP contribution in [-0.4, -0.2) is 29.5 Å². The number of carbonyl (C=O) groups is 2. The Hall–Kier alpha value is -1.84. The van der Waals surface area contributed by atoms with Crippen molar-refractivity contribution in [2.24, 2.45) is 11.8 Å². The van der Waals surface area contributed by atoms with Gasteiger partial charge in [-0.15, -0.1) is 0 Å². The average molecular weight is 275 g/mol. The summed E-state index contributed by atoms with van der Waals surface area (Å²) < 4.78 is 5.07. The van der Waals surface area contributed by atoms with Gasteiger partial charge in [-0.1, -0.05) is 51.1 Å². The molecule has 0 spiro atoms. The maximum absolute atomic E-state index is 12.4. The van der Waals surface area contributed by atoms with Gasteiger partial charge in [-0.25, -0.2) is 9.69 Å². The number of hydrogen-bond donors (Lipinski definition) is 0. The molecule has 2 amide bonds. The standard InChI is InChI=1S/C16H21NO3/c1-11(2)12(3)15(18)17-14(10-20-16(17)19)9-13-7-5-4-6-8-13/h4-8,11-12,14H,9-10H2,1-3H3/t12-,14+/m0/s1. The van der Waals surface area contributed by atoms with E-state index in [2.05, 4.69) is 0 Å². The van der Waals surface area contributed by atoms with Crippen LogP contribution in [0.3, 0.4) is 0 Å². The summed E-state index contributed by atoms with van der Waals surface area (Å²) in [7, 11) is 0. The van der Waals surface area contributed by atoms with Gasteiger partial charge in [0.2, 0.25) is 5.91 Å². The van der Waals surface area contributed by atoms with Crippen LogP contribution in [0.2, 0.25) is 0 Å². The minimum atomic E-state index is -0.511. The van der Waals surface area contributed by atoms with Crippen molar-refractivity contribution in [1.29, 1.82) is 0 Å². The second kappa shape index (κ2) is 6.07. The summed E-state index contributed by atoms with van der Waals surface area (Å²) in [6.45, 7) is 6.11. The largest absolute Gasteiger partial charge is 0.447 e. The molecule has 1 fully saturated rings. The molecule has 0 unspecified atom stereocenters. The number of imide groups is 1. The van der Waals surface area contributed by atoms with Crippen molar-refractivity contribution in [3.8, 4) is 0 Å². The second-order valence-electron chi connectivity index (χ2n) is 5.66. The van der Waals surface area contributed by atoms with E-state index in [1.54, 1.807) is 0 Å². The fourth-order valence-corrected chi connectivity index (χ4v) is 2.27. The van der Waals surface area contributed by atoms with Gasteiger partial charge in [0.15, 0.2) is 0 Å². The van der Waals surface area contributed by atoms with Crippen LogP contribution in [0.5, 0.6) is 0 Å². The van der Waals surface area contributed by atoms with Gasteiger partial charge >= 0.3 is 6.09 Å². The summed E-state index contributed by atoms with van der Waals surface area (Å²) in [5.74, 6) is -0.115. The second-order valence-corrected chi connectivity index (χ2v) is 5.66. The summed E-state index contributed by atoms with van der Waals surface area (Å²) in [4.78, 5) is 25.6. The van der Waals surface area contributed by atoms with Crippen molar-refractivity contribution in [2.75, 3.05) is 6.61 Å².